The topological polar surface area (TPSA) is 41.9 Å². The van der Waals surface area contributed by atoms with Gasteiger partial charge in [0.15, 0.2) is 17.5 Å². The Bertz CT molecular complexity index is 2880. The fraction of sp³-hybridized carbons (Fsp3) is 0.105. The molecule has 11 rings (SSSR count). The summed E-state index contributed by atoms with van der Waals surface area (Å²) in [5.74, 6) is 1.98. The van der Waals surface area contributed by atoms with Crippen molar-refractivity contribution < 1.29 is 0 Å². The Labute approximate surface area is 357 Å². The smallest absolute Gasteiger partial charge is 0.164 e. The summed E-state index contributed by atoms with van der Waals surface area (Å²) in [5, 5.41) is 0. The van der Waals surface area contributed by atoms with E-state index in [-0.39, 0.29) is 5.41 Å². The van der Waals surface area contributed by atoms with Crippen molar-refractivity contribution in [1.82, 2.24) is 15.0 Å². The summed E-state index contributed by atoms with van der Waals surface area (Å²) in [6.07, 6.45) is 5.95. The van der Waals surface area contributed by atoms with Crippen molar-refractivity contribution in [3.8, 4) is 67.5 Å². The fourth-order valence-electron chi connectivity index (χ4n) is 9.72. The van der Waals surface area contributed by atoms with Crippen LogP contribution in [0.3, 0.4) is 0 Å². The number of benzene rings is 8. The molecule has 0 radical (unpaired) electrons. The van der Waals surface area contributed by atoms with Gasteiger partial charge in [-0.3, -0.25) is 0 Å². The number of para-hydroxylation sites is 1. The van der Waals surface area contributed by atoms with Gasteiger partial charge in [-0.1, -0.05) is 183 Å². The average Bonchev–Trinajstić information content (AvgIpc) is 3.35. The van der Waals surface area contributed by atoms with Crippen molar-refractivity contribution in [3.05, 3.63) is 217 Å². The highest BCUT2D eigenvalue weighted by molar-refractivity contribution is 5.91. The molecule has 0 N–H and O–H groups in total. The molecular formula is C57H44N4. The molecule has 1 aliphatic carbocycles. The predicted molar refractivity (Wildman–Crippen MR) is 251 cm³/mol. The molecule has 9 aromatic rings. The van der Waals surface area contributed by atoms with Crippen LogP contribution in [0.4, 0.5) is 17.1 Å². The van der Waals surface area contributed by atoms with E-state index in [1.165, 1.54) is 69.6 Å². The Hall–Kier alpha value is -7.43. The van der Waals surface area contributed by atoms with Crippen molar-refractivity contribution in [3.63, 3.8) is 0 Å². The number of fused-ring (bicyclic) bond motifs is 4. The van der Waals surface area contributed by atoms with Crippen molar-refractivity contribution in [2.45, 2.75) is 37.5 Å². The van der Waals surface area contributed by atoms with Crippen LogP contribution < -0.4 is 4.90 Å². The third-order valence-corrected chi connectivity index (χ3v) is 12.7. The quantitative estimate of drug-likeness (QED) is 0.161. The zero-order chi connectivity index (χ0) is 40.6. The van der Waals surface area contributed by atoms with Gasteiger partial charge in [0.2, 0.25) is 0 Å². The standard InChI is InChI=1S/C57H44N4/c1-6-19-40(20-7-1)47-36-48(41-21-8-2-9-22-41)38-49(37-47)61-52-30-15-14-29-50(52)57(33-16-5-17-34-57)51-39-45(31-32-53(51)61)44-27-18-28-46(35-44)56-59-54(42-23-10-3-11-24-42)58-55(60-56)43-25-12-4-13-26-43/h1-4,6-15,18-32,35-39H,5,16-17,33-34H2. The fourth-order valence-corrected chi connectivity index (χ4v) is 9.72. The Morgan fingerprint density at radius 1 is 0.311 bits per heavy atom. The first-order chi connectivity index (χ1) is 30.2. The van der Waals surface area contributed by atoms with E-state index < -0.39 is 0 Å². The summed E-state index contributed by atoms with van der Waals surface area (Å²) in [5.41, 5.74) is 16.4. The van der Waals surface area contributed by atoms with Crippen LogP contribution in [0.25, 0.3) is 67.5 Å². The Morgan fingerprint density at radius 3 is 1.34 bits per heavy atom. The van der Waals surface area contributed by atoms with E-state index in [4.69, 9.17) is 15.0 Å². The molecular weight excluding hydrogens is 741 g/mol. The Morgan fingerprint density at radius 2 is 0.754 bits per heavy atom. The van der Waals surface area contributed by atoms with Crippen LogP contribution in [0.1, 0.15) is 43.2 Å². The molecule has 1 aliphatic heterocycles. The van der Waals surface area contributed by atoms with Crippen molar-refractivity contribution >= 4 is 17.1 Å². The zero-order valence-corrected chi connectivity index (χ0v) is 34.0. The summed E-state index contributed by atoms with van der Waals surface area (Å²) >= 11 is 0. The molecule has 1 saturated carbocycles. The van der Waals surface area contributed by atoms with Crippen LogP contribution in [0.2, 0.25) is 0 Å². The molecule has 1 fully saturated rings. The van der Waals surface area contributed by atoms with Crippen LogP contribution in [-0.4, -0.2) is 15.0 Å². The van der Waals surface area contributed by atoms with E-state index in [0.29, 0.717) is 17.5 Å². The van der Waals surface area contributed by atoms with Crippen LogP contribution in [0.15, 0.2) is 206 Å². The lowest BCUT2D eigenvalue weighted by Crippen LogP contribution is -2.37. The summed E-state index contributed by atoms with van der Waals surface area (Å²) in [7, 11) is 0. The maximum atomic E-state index is 5.07. The zero-order valence-electron chi connectivity index (χ0n) is 34.0. The van der Waals surface area contributed by atoms with Gasteiger partial charge in [-0.25, -0.2) is 15.0 Å². The second-order valence-electron chi connectivity index (χ2n) is 16.3. The first-order valence-corrected chi connectivity index (χ1v) is 21.5. The molecule has 1 aromatic heterocycles. The monoisotopic (exact) mass is 784 g/mol. The normalized spacial score (nSPS) is 14.0. The molecule has 8 aromatic carbocycles. The van der Waals surface area contributed by atoms with Gasteiger partial charge < -0.3 is 4.90 Å². The molecule has 0 unspecified atom stereocenters. The SMILES string of the molecule is c1ccc(-c2cc(-c3ccccc3)cc(N3c4ccccc4C4(CCCCC4)c4cc(-c5cccc(-c6nc(-c7ccccc7)nc(-c7ccccc7)n6)c5)ccc43)c2)cc1. The minimum absolute atomic E-state index is 0.0863. The Balaban J connectivity index is 1.07. The molecule has 1 spiro atoms. The average molecular weight is 785 g/mol. The van der Waals surface area contributed by atoms with Gasteiger partial charge in [0.05, 0.1) is 11.4 Å². The van der Waals surface area contributed by atoms with Crippen LogP contribution in [0, 0.1) is 0 Å². The van der Waals surface area contributed by atoms with Gasteiger partial charge in [0.25, 0.3) is 0 Å². The van der Waals surface area contributed by atoms with Crippen LogP contribution >= 0.6 is 0 Å². The van der Waals surface area contributed by atoms with E-state index in [1.807, 2.05) is 36.4 Å². The number of rotatable bonds is 7. The minimum Gasteiger partial charge on any atom is -0.310 e. The largest absolute Gasteiger partial charge is 0.310 e. The van der Waals surface area contributed by atoms with Gasteiger partial charge in [-0.05, 0) is 99.8 Å². The lowest BCUT2D eigenvalue weighted by Gasteiger charge is -2.48. The van der Waals surface area contributed by atoms with E-state index in [0.717, 1.165) is 40.8 Å². The highest BCUT2D eigenvalue weighted by Gasteiger charge is 2.44. The molecule has 0 saturated heterocycles. The van der Waals surface area contributed by atoms with Gasteiger partial charge in [0, 0.05) is 27.8 Å². The molecule has 2 heterocycles. The van der Waals surface area contributed by atoms with Crippen LogP contribution in [-0.2, 0) is 5.41 Å². The van der Waals surface area contributed by atoms with E-state index >= 15 is 0 Å². The number of hydrogen-bond donors (Lipinski definition) is 0. The molecule has 0 atom stereocenters. The minimum atomic E-state index is -0.0863. The maximum Gasteiger partial charge on any atom is 0.164 e. The third-order valence-electron chi connectivity index (χ3n) is 12.7. The third kappa shape index (κ3) is 6.80. The maximum absolute atomic E-state index is 5.07. The van der Waals surface area contributed by atoms with Gasteiger partial charge >= 0.3 is 0 Å². The first kappa shape index (κ1) is 36.6. The lowest BCUT2D eigenvalue weighted by molar-refractivity contribution is 0.344. The van der Waals surface area contributed by atoms with Crippen molar-refractivity contribution in [2.24, 2.45) is 0 Å². The number of nitrogens with zero attached hydrogens (tertiary/aromatic N) is 4. The molecule has 4 heteroatoms. The van der Waals surface area contributed by atoms with Crippen molar-refractivity contribution in [2.75, 3.05) is 4.90 Å². The summed E-state index contributed by atoms with van der Waals surface area (Å²) in [6.45, 7) is 0. The number of hydrogen-bond acceptors (Lipinski definition) is 4. The second kappa shape index (κ2) is 15.6. The van der Waals surface area contributed by atoms with Gasteiger partial charge in [-0.15, -0.1) is 0 Å². The molecule has 0 bridgehead atoms. The highest BCUT2D eigenvalue weighted by Crippen LogP contribution is 2.58. The second-order valence-corrected chi connectivity index (χ2v) is 16.3. The Kier molecular flexibility index (Phi) is 9.39. The molecule has 4 nitrogen and oxygen atoms in total. The number of anilines is 3. The molecule has 2 aliphatic rings. The lowest BCUT2D eigenvalue weighted by atomic mass is 9.62. The summed E-state index contributed by atoms with van der Waals surface area (Å²) in [4.78, 5) is 17.6. The van der Waals surface area contributed by atoms with E-state index in [2.05, 4.69) is 175 Å². The highest BCUT2D eigenvalue weighted by atomic mass is 15.2. The van der Waals surface area contributed by atoms with Gasteiger partial charge in [-0.2, -0.15) is 0 Å². The van der Waals surface area contributed by atoms with E-state index in [1.54, 1.807) is 0 Å². The van der Waals surface area contributed by atoms with Gasteiger partial charge in [0.1, 0.15) is 0 Å². The van der Waals surface area contributed by atoms with Crippen LogP contribution in [0.5, 0.6) is 0 Å². The van der Waals surface area contributed by atoms with Crippen molar-refractivity contribution in [1.29, 1.82) is 0 Å². The molecule has 0 amide bonds. The summed E-state index contributed by atoms with van der Waals surface area (Å²) in [6, 6.07) is 74.1. The molecule has 292 valence electrons. The number of aromatic nitrogens is 3. The first-order valence-electron chi connectivity index (χ1n) is 21.5. The molecule has 61 heavy (non-hydrogen) atoms. The summed E-state index contributed by atoms with van der Waals surface area (Å²) < 4.78 is 0. The predicted octanol–water partition coefficient (Wildman–Crippen LogP) is 14.9. The van der Waals surface area contributed by atoms with E-state index in [9.17, 15) is 0 Å².